The zero-order valence-electron chi connectivity index (χ0n) is 13.8. The molecule has 5 heteroatoms. The molecule has 2 aromatic rings. The second-order valence-corrected chi connectivity index (χ2v) is 5.80. The summed E-state index contributed by atoms with van der Waals surface area (Å²) in [4.78, 5) is 13.8. The number of hydrogen-bond donors (Lipinski definition) is 1. The first-order valence-corrected chi connectivity index (χ1v) is 7.87. The Balaban J connectivity index is 0.00000144. The first kappa shape index (κ1) is 20.5. The molecule has 1 aliphatic heterocycles. The number of benzene rings is 2. The number of para-hydroxylation sites is 1. The number of carbonyl (C=O) groups is 1. The molecule has 1 N–H and O–H groups in total. The van der Waals surface area contributed by atoms with Crippen molar-refractivity contribution in [2.75, 3.05) is 31.1 Å². The van der Waals surface area contributed by atoms with Crippen molar-refractivity contribution >= 4 is 36.3 Å². The maximum absolute atomic E-state index is 11.4. The van der Waals surface area contributed by atoms with Crippen LogP contribution in [0.2, 0.25) is 0 Å². The Labute approximate surface area is 156 Å². The van der Waals surface area contributed by atoms with Crippen LogP contribution in [-0.4, -0.2) is 32.0 Å². The van der Waals surface area contributed by atoms with E-state index >= 15 is 0 Å². The lowest BCUT2D eigenvalue weighted by atomic mass is 10.0. The molecule has 0 amide bonds. The summed E-state index contributed by atoms with van der Waals surface area (Å²) in [5.41, 5.74) is 4.70. The molecule has 0 unspecified atom stereocenters. The molecule has 1 fully saturated rings. The fraction of sp³-hybridized carbons (Fsp3) is 0.316. The normalized spacial score (nSPS) is 13.6. The minimum absolute atomic E-state index is 0. The summed E-state index contributed by atoms with van der Waals surface area (Å²) >= 11 is 0. The monoisotopic (exact) mass is 366 g/mol. The van der Waals surface area contributed by atoms with Gasteiger partial charge in [0.05, 0.1) is 0 Å². The topological polar surface area (TPSA) is 32.3 Å². The van der Waals surface area contributed by atoms with Crippen LogP contribution in [0, 0.1) is 0 Å². The average Bonchev–Trinajstić information content (AvgIpc) is 2.57. The highest BCUT2D eigenvalue weighted by molar-refractivity contribution is 5.94. The van der Waals surface area contributed by atoms with Gasteiger partial charge < -0.3 is 10.2 Å². The standard InChI is InChI=1S/C19H22N2O.2ClH/c1-15(22)17-8-6-16(7-9-17)14-18-4-2-3-5-19(18)21-12-10-20-11-13-21;;/h2-9,20H,10-14H2,1H3;2*1H. The number of nitrogens with zero attached hydrogens (tertiary/aromatic N) is 1. The van der Waals surface area contributed by atoms with E-state index in [1.807, 2.05) is 12.1 Å². The molecular formula is C19H24Cl2N2O. The molecule has 3 rings (SSSR count). The fourth-order valence-corrected chi connectivity index (χ4v) is 2.95. The van der Waals surface area contributed by atoms with E-state index in [-0.39, 0.29) is 30.6 Å². The van der Waals surface area contributed by atoms with Gasteiger partial charge in [0.1, 0.15) is 0 Å². The van der Waals surface area contributed by atoms with Crippen LogP contribution in [0.5, 0.6) is 0 Å². The van der Waals surface area contributed by atoms with Gasteiger partial charge in [-0.25, -0.2) is 0 Å². The molecule has 1 heterocycles. The lowest BCUT2D eigenvalue weighted by Crippen LogP contribution is -2.43. The maximum atomic E-state index is 11.4. The Morgan fingerprint density at radius 1 is 1.00 bits per heavy atom. The second kappa shape index (κ2) is 9.67. The summed E-state index contributed by atoms with van der Waals surface area (Å²) in [5.74, 6) is 0.118. The van der Waals surface area contributed by atoms with Crippen LogP contribution < -0.4 is 10.2 Å². The van der Waals surface area contributed by atoms with Crippen LogP contribution >= 0.6 is 24.8 Å². The lowest BCUT2D eigenvalue weighted by Gasteiger charge is -2.31. The Bertz CT molecular complexity index is 653. The van der Waals surface area contributed by atoms with Crippen molar-refractivity contribution < 1.29 is 4.79 Å². The summed E-state index contributed by atoms with van der Waals surface area (Å²) < 4.78 is 0. The van der Waals surface area contributed by atoms with Gasteiger partial charge in [-0.05, 0) is 30.5 Å². The van der Waals surface area contributed by atoms with Gasteiger partial charge in [-0.2, -0.15) is 0 Å². The summed E-state index contributed by atoms with van der Waals surface area (Å²) in [7, 11) is 0. The Hall–Kier alpha value is -1.55. The van der Waals surface area contributed by atoms with Crippen molar-refractivity contribution in [2.45, 2.75) is 13.3 Å². The first-order chi connectivity index (χ1) is 10.7. The van der Waals surface area contributed by atoms with E-state index in [2.05, 4.69) is 46.6 Å². The maximum Gasteiger partial charge on any atom is 0.159 e. The fourth-order valence-electron chi connectivity index (χ4n) is 2.95. The third kappa shape index (κ3) is 4.97. The molecule has 2 aromatic carbocycles. The number of piperazine rings is 1. The van der Waals surface area contributed by atoms with E-state index in [1.165, 1.54) is 16.8 Å². The smallest absolute Gasteiger partial charge is 0.159 e. The zero-order chi connectivity index (χ0) is 15.4. The van der Waals surface area contributed by atoms with Crippen molar-refractivity contribution in [2.24, 2.45) is 0 Å². The van der Waals surface area contributed by atoms with Crippen molar-refractivity contribution in [3.8, 4) is 0 Å². The average molecular weight is 367 g/mol. The van der Waals surface area contributed by atoms with Crippen LogP contribution in [0.15, 0.2) is 48.5 Å². The van der Waals surface area contributed by atoms with E-state index < -0.39 is 0 Å². The van der Waals surface area contributed by atoms with Crippen LogP contribution in [-0.2, 0) is 6.42 Å². The third-order valence-corrected chi connectivity index (χ3v) is 4.20. The molecule has 3 nitrogen and oxygen atoms in total. The quantitative estimate of drug-likeness (QED) is 0.836. The van der Waals surface area contributed by atoms with E-state index in [9.17, 15) is 4.79 Å². The number of rotatable bonds is 4. The van der Waals surface area contributed by atoms with Crippen LogP contribution in [0.3, 0.4) is 0 Å². The molecule has 0 saturated carbocycles. The van der Waals surface area contributed by atoms with Crippen LogP contribution in [0.1, 0.15) is 28.4 Å². The molecule has 130 valence electrons. The van der Waals surface area contributed by atoms with Crippen molar-refractivity contribution in [1.29, 1.82) is 0 Å². The van der Waals surface area contributed by atoms with Gasteiger partial charge in [0.25, 0.3) is 0 Å². The molecule has 1 aliphatic rings. The summed E-state index contributed by atoms with van der Waals surface area (Å²) in [6.45, 7) is 5.80. The molecule has 24 heavy (non-hydrogen) atoms. The zero-order valence-corrected chi connectivity index (χ0v) is 15.5. The van der Waals surface area contributed by atoms with Gasteiger partial charge in [0, 0.05) is 37.4 Å². The number of hydrogen-bond acceptors (Lipinski definition) is 3. The van der Waals surface area contributed by atoms with Gasteiger partial charge in [0.2, 0.25) is 0 Å². The lowest BCUT2D eigenvalue weighted by molar-refractivity contribution is 0.101. The van der Waals surface area contributed by atoms with Gasteiger partial charge in [-0.3, -0.25) is 4.79 Å². The largest absolute Gasteiger partial charge is 0.369 e. The predicted molar refractivity (Wildman–Crippen MR) is 105 cm³/mol. The molecule has 0 aliphatic carbocycles. The highest BCUT2D eigenvalue weighted by Gasteiger charge is 2.13. The number of ketones is 1. The molecule has 0 radical (unpaired) electrons. The minimum Gasteiger partial charge on any atom is -0.369 e. The summed E-state index contributed by atoms with van der Waals surface area (Å²) in [6.07, 6.45) is 0.901. The van der Waals surface area contributed by atoms with Crippen molar-refractivity contribution in [1.82, 2.24) is 5.32 Å². The van der Waals surface area contributed by atoms with Crippen molar-refractivity contribution in [3.05, 3.63) is 65.2 Å². The molecule has 0 bridgehead atoms. The highest BCUT2D eigenvalue weighted by Crippen LogP contribution is 2.23. The molecule has 0 spiro atoms. The summed E-state index contributed by atoms with van der Waals surface area (Å²) in [6, 6.07) is 16.6. The van der Waals surface area contributed by atoms with Crippen LogP contribution in [0.25, 0.3) is 0 Å². The predicted octanol–water partition coefficient (Wildman–Crippen LogP) is 3.73. The van der Waals surface area contributed by atoms with Gasteiger partial charge in [0.15, 0.2) is 5.78 Å². The summed E-state index contributed by atoms with van der Waals surface area (Å²) in [5, 5.41) is 3.40. The SMILES string of the molecule is CC(=O)c1ccc(Cc2ccccc2N2CCNCC2)cc1.Cl.Cl. The molecular weight excluding hydrogens is 343 g/mol. The number of halogens is 2. The first-order valence-electron chi connectivity index (χ1n) is 7.87. The van der Waals surface area contributed by atoms with Gasteiger partial charge in [-0.15, -0.1) is 24.8 Å². The molecule has 0 aromatic heterocycles. The van der Waals surface area contributed by atoms with E-state index in [1.54, 1.807) is 6.92 Å². The highest BCUT2D eigenvalue weighted by atomic mass is 35.5. The number of carbonyl (C=O) groups excluding carboxylic acids is 1. The van der Waals surface area contributed by atoms with Crippen LogP contribution in [0.4, 0.5) is 5.69 Å². The number of nitrogens with one attached hydrogen (secondary N) is 1. The van der Waals surface area contributed by atoms with E-state index in [0.717, 1.165) is 38.2 Å². The molecule has 1 saturated heterocycles. The van der Waals surface area contributed by atoms with E-state index in [4.69, 9.17) is 0 Å². The Morgan fingerprint density at radius 2 is 1.62 bits per heavy atom. The number of Topliss-reactive ketones (excluding diaryl/α,β-unsaturated/α-hetero) is 1. The third-order valence-electron chi connectivity index (χ3n) is 4.20. The van der Waals surface area contributed by atoms with Crippen molar-refractivity contribution in [3.63, 3.8) is 0 Å². The Kier molecular flexibility index (Phi) is 8.26. The van der Waals surface area contributed by atoms with Gasteiger partial charge >= 0.3 is 0 Å². The minimum atomic E-state index is 0. The number of anilines is 1. The Morgan fingerprint density at radius 3 is 2.25 bits per heavy atom. The molecule has 0 atom stereocenters. The van der Waals surface area contributed by atoms with Gasteiger partial charge in [-0.1, -0.05) is 42.5 Å². The van der Waals surface area contributed by atoms with E-state index in [0.29, 0.717) is 0 Å². The second-order valence-electron chi connectivity index (χ2n) is 5.80.